The third-order valence-electron chi connectivity index (χ3n) is 3.04. The molecule has 0 fully saturated rings. The number of ether oxygens (including phenoxy) is 1. The molecule has 7 heteroatoms. The molecule has 1 aliphatic carbocycles. The molecule has 0 bridgehead atoms. The number of carboxylic acid groups (broad SMARTS) is 1. The van der Waals surface area contributed by atoms with Gasteiger partial charge in [-0.15, -0.1) is 0 Å². The van der Waals surface area contributed by atoms with Gasteiger partial charge < -0.3 is 9.84 Å². The van der Waals surface area contributed by atoms with Gasteiger partial charge in [-0.1, -0.05) is 6.08 Å². The smallest absolute Gasteiger partial charge is 0.371 e. The average molecular weight is 272 g/mol. The normalized spacial score (nSPS) is 27.7. The van der Waals surface area contributed by atoms with Gasteiger partial charge in [0.1, 0.15) is 0 Å². The summed E-state index contributed by atoms with van der Waals surface area (Å²) in [6.07, 6.45) is 5.06. The van der Waals surface area contributed by atoms with E-state index in [9.17, 15) is 18.0 Å². The van der Waals surface area contributed by atoms with E-state index in [1.807, 2.05) is 0 Å². The largest absolute Gasteiger partial charge is 0.475 e. The summed E-state index contributed by atoms with van der Waals surface area (Å²) in [4.78, 5) is 20.6. The van der Waals surface area contributed by atoms with Crippen molar-refractivity contribution in [1.82, 2.24) is 0 Å². The second kappa shape index (κ2) is 3.94. The van der Waals surface area contributed by atoms with E-state index in [1.54, 1.807) is 6.08 Å². The Bertz CT molecular complexity index is 583. The van der Waals surface area contributed by atoms with Gasteiger partial charge in [-0.05, 0) is 24.8 Å². The Hall–Kier alpha value is -1.63. The van der Waals surface area contributed by atoms with Gasteiger partial charge in [-0.2, -0.15) is 0 Å². The van der Waals surface area contributed by atoms with Crippen LogP contribution in [0.15, 0.2) is 23.5 Å². The van der Waals surface area contributed by atoms with E-state index < -0.39 is 32.3 Å². The van der Waals surface area contributed by atoms with Crippen LogP contribution in [0.25, 0.3) is 0 Å². The Morgan fingerprint density at radius 2 is 2.17 bits per heavy atom. The second-order valence-electron chi connectivity index (χ2n) is 4.29. The summed E-state index contributed by atoms with van der Waals surface area (Å²) >= 11 is 0. The van der Waals surface area contributed by atoms with Crippen LogP contribution in [0.1, 0.15) is 19.3 Å². The van der Waals surface area contributed by atoms with Crippen molar-refractivity contribution < 1.29 is 27.9 Å². The molecule has 0 spiro atoms. The maximum absolute atomic E-state index is 12.0. The number of rotatable bonds is 3. The Morgan fingerprint density at radius 1 is 1.50 bits per heavy atom. The number of carboxylic acids is 1. The highest BCUT2D eigenvalue weighted by atomic mass is 32.2. The molecule has 0 radical (unpaired) electrons. The zero-order valence-electron chi connectivity index (χ0n) is 9.67. The third kappa shape index (κ3) is 1.66. The predicted octanol–water partition coefficient (Wildman–Crippen LogP) is 0.405. The van der Waals surface area contributed by atoms with Gasteiger partial charge in [-0.25, -0.2) is 13.2 Å². The van der Waals surface area contributed by atoms with Crippen LogP contribution in [0.5, 0.6) is 0 Å². The van der Waals surface area contributed by atoms with Crippen molar-refractivity contribution in [3.8, 4) is 0 Å². The van der Waals surface area contributed by atoms with E-state index >= 15 is 0 Å². The fourth-order valence-corrected chi connectivity index (χ4v) is 3.57. The van der Waals surface area contributed by atoms with Gasteiger partial charge in [0, 0.05) is 12.3 Å². The molecule has 0 saturated carbocycles. The molecule has 1 atom stereocenters. The fraction of sp³-hybridized carbons (Fsp3) is 0.455. The molecule has 0 saturated heterocycles. The number of allylic oxidation sites excluding steroid dienone is 1. The van der Waals surface area contributed by atoms with E-state index in [0.29, 0.717) is 18.4 Å². The Morgan fingerprint density at radius 3 is 2.56 bits per heavy atom. The van der Waals surface area contributed by atoms with Gasteiger partial charge in [0.05, 0.1) is 0 Å². The first-order valence-corrected chi connectivity index (χ1v) is 7.26. The van der Waals surface area contributed by atoms with Gasteiger partial charge in [0.15, 0.2) is 9.84 Å². The lowest BCUT2D eigenvalue weighted by Crippen LogP contribution is -2.46. The van der Waals surface area contributed by atoms with E-state index in [0.717, 1.165) is 18.8 Å². The maximum Gasteiger partial charge on any atom is 0.371 e. The van der Waals surface area contributed by atoms with E-state index in [4.69, 9.17) is 9.84 Å². The summed E-state index contributed by atoms with van der Waals surface area (Å²) in [5.41, 5.74) is 0.336. The predicted molar refractivity (Wildman–Crippen MR) is 61.3 cm³/mol. The van der Waals surface area contributed by atoms with Crippen LogP contribution in [0, 0.1) is 0 Å². The van der Waals surface area contributed by atoms with Crippen LogP contribution >= 0.6 is 0 Å². The molecule has 1 N–H and O–H groups in total. The number of sulfone groups is 1. The molecule has 0 aromatic heterocycles. The standard InChI is InChI=1S/C11H12O6S/c1-18(15,16)11(7-4-2-3-5-7)9(12)6-8(17-11)10(13)14/h4,6H,2-3,5H2,1H3,(H,13,14). The van der Waals surface area contributed by atoms with Crippen LogP contribution in [0.4, 0.5) is 0 Å². The first-order chi connectivity index (χ1) is 8.29. The SMILES string of the molecule is CS(=O)(=O)C1(C2=CCCC2)OC(C(=O)O)=CC1=O. The number of hydrogen-bond acceptors (Lipinski definition) is 5. The van der Waals surface area contributed by atoms with Gasteiger partial charge in [0.2, 0.25) is 11.5 Å². The van der Waals surface area contributed by atoms with Gasteiger partial charge in [-0.3, -0.25) is 4.79 Å². The molecule has 98 valence electrons. The number of aliphatic carboxylic acids is 1. The Balaban J connectivity index is 2.55. The first kappa shape index (κ1) is 12.8. The van der Waals surface area contributed by atoms with Crippen molar-refractivity contribution in [2.45, 2.75) is 24.2 Å². The van der Waals surface area contributed by atoms with E-state index in [-0.39, 0.29) is 0 Å². The average Bonchev–Trinajstić information content (AvgIpc) is 2.82. The summed E-state index contributed by atoms with van der Waals surface area (Å²) in [6, 6.07) is 0. The molecule has 2 aliphatic rings. The Kier molecular flexibility index (Phi) is 2.81. The number of ketones is 1. The third-order valence-corrected chi connectivity index (χ3v) is 4.63. The minimum Gasteiger partial charge on any atom is -0.475 e. The topological polar surface area (TPSA) is 97.7 Å². The van der Waals surface area contributed by atoms with Crippen molar-refractivity contribution in [2.24, 2.45) is 0 Å². The lowest BCUT2D eigenvalue weighted by Gasteiger charge is -2.27. The summed E-state index contributed by atoms with van der Waals surface area (Å²) in [6.45, 7) is 0. The molecule has 0 aromatic rings. The maximum atomic E-state index is 12.0. The van der Waals surface area contributed by atoms with Gasteiger partial charge in [0.25, 0.3) is 4.93 Å². The first-order valence-electron chi connectivity index (χ1n) is 5.36. The molecule has 2 rings (SSSR count). The summed E-state index contributed by atoms with van der Waals surface area (Å²) in [7, 11) is -3.92. The summed E-state index contributed by atoms with van der Waals surface area (Å²) in [5.74, 6) is -2.92. The molecule has 0 amide bonds. The minimum atomic E-state index is -3.92. The zero-order valence-corrected chi connectivity index (χ0v) is 10.5. The van der Waals surface area contributed by atoms with Crippen LogP contribution in [0.2, 0.25) is 0 Å². The van der Waals surface area contributed by atoms with Crippen molar-refractivity contribution in [1.29, 1.82) is 0 Å². The fourth-order valence-electron chi connectivity index (χ4n) is 2.24. The number of carbonyl (C=O) groups excluding carboxylic acids is 1. The molecule has 6 nitrogen and oxygen atoms in total. The summed E-state index contributed by atoms with van der Waals surface area (Å²) < 4.78 is 28.8. The molecule has 1 aliphatic heterocycles. The van der Waals surface area contributed by atoms with Crippen molar-refractivity contribution in [3.63, 3.8) is 0 Å². The van der Waals surface area contributed by atoms with Gasteiger partial charge >= 0.3 is 5.97 Å². The Labute approximate surface area is 104 Å². The van der Waals surface area contributed by atoms with Crippen molar-refractivity contribution >= 4 is 21.6 Å². The minimum absolute atomic E-state index is 0.336. The highest BCUT2D eigenvalue weighted by Crippen LogP contribution is 2.41. The summed E-state index contributed by atoms with van der Waals surface area (Å²) in [5, 5.41) is 8.81. The molecule has 1 heterocycles. The van der Waals surface area contributed by atoms with Crippen molar-refractivity contribution in [2.75, 3.05) is 6.26 Å². The van der Waals surface area contributed by atoms with Crippen LogP contribution in [-0.4, -0.2) is 36.5 Å². The number of hydrogen-bond donors (Lipinski definition) is 1. The molecule has 0 aromatic carbocycles. The van der Waals surface area contributed by atoms with Crippen LogP contribution in [0.3, 0.4) is 0 Å². The van der Waals surface area contributed by atoms with Crippen LogP contribution < -0.4 is 0 Å². The highest BCUT2D eigenvalue weighted by molar-refractivity contribution is 7.93. The lowest BCUT2D eigenvalue weighted by molar-refractivity contribution is -0.137. The number of carbonyl (C=O) groups is 2. The monoisotopic (exact) mass is 272 g/mol. The molecule has 1 unspecified atom stereocenters. The highest BCUT2D eigenvalue weighted by Gasteiger charge is 2.57. The van der Waals surface area contributed by atoms with Crippen LogP contribution in [-0.2, 0) is 24.2 Å². The molecular weight excluding hydrogens is 260 g/mol. The zero-order chi connectivity index (χ0) is 13.6. The second-order valence-corrected chi connectivity index (χ2v) is 6.41. The van der Waals surface area contributed by atoms with E-state index in [2.05, 4.69) is 0 Å². The van der Waals surface area contributed by atoms with E-state index in [1.165, 1.54) is 0 Å². The molecule has 18 heavy (non-hydrogen) atoms. The van der Waals surface area contributed by atoms with Crippen molar-refractivity contribution in [3.05, 3.63) is 23.5 Å². The lowest BCUT2D eigenvalue weighted by atomic mass is 10.1. The quantitative estimate of drug-likeness (QED) is 0.747. The molecular formula is C11H12O6S.